The number of aliphatic hydroxyl groups is 1. The van der Waals surface area contributed by atoms with Gasteiger partial charge in [-0.1, -0.05) is 11.6 Å². The van der Waals surface area contributed by atoms with Gasteiger partial charge in [0.15, 0.2) is 0 Å². The first kappa shape index (κ1) is 14.3. The normalized spacial score (nSPS) is 11.6. The standard InChI is InChI=1S/C13H20ClNO2/c1-9-5-12(17-4)10(6-11(9)14)7-15-8-13(2,3)16/h5-6,15-16H,7-8H2,1-4H3. The Kier molecular flexibility index (Phi) is 4.80. The topological polar surface area (TPSA) is 41.5 Å². The van der Waals surface area contributed by atoms with Crippen LogP contribution >= 0.6 is 11.6 Å². The number of hydrogen-bond donors (Lipinski definition) is 2. The van der Waals surface area contributed by atoms with Gasteiger partial charge in [-0.3, -0.25) is 0 Å². The Morgan fingerprint density at radius 1 is 1.41 bits per heavy atom. The molecule has 4 heteroatoms. The summed E-state index contributed by atoms with van der Waals surface area (Å²) in [6.45, 7) is 6.60. The zero-order valence-corrected chi connectivity index (χ0v) is 11.6. The van der Waals surface area contributed by atoms with Crippen LogP contribution in [0.5, 0.6) is 5.75 Å². The first-order valence-electron chi connectivity index (χ1n) is 5.59. The smallest absolute Gasteiger partial charge is 0.123 e. The van der Waals surface area contributed by atoms with Crippen molar-refractivity contribution < 1.29 is 9.84 Å². The lowest BCUT2D eigenvalue weighted by atomic mass is 10.1. The summed E-state index contributed by atoms with van der Waals surface area (Å²) in [5.41, 5.74) is 1.27. The lowest BCUT2D eigenvalue weighted by molar-refractivity contribution is 0.0794. The quantitative estimate of drug-likeness (QED) is 0.852. The molecule has 1 rings (SSSR count). The van der Waals surface area contributed by atoms with Gasteiger partial charge < -0.3 is 15.2 Å². The molecule has 0 aliphatic heterocycles. The van der Waals surface area contributed by atoms with Gasteiger partial charge in [-0.25, -0.2) is 0 Å². The van der Waals surface area contributed by atoms with E-state index in [1.54, 1.807) is 21.0 Å². The van der Waals surface area contributed by atoms with Gasteiger partial charge in [0, 0.05) is 23.7 Å². The van der Waals surface area contributed by atoms with Crippen LogP contribution in [0.4, 0.5) is 0 Å². The van der Waals surface area contributed by atoms with Gasteiger partial charge in [0.1, 0.15) is 5.75 Å². The Morgan fingerprint density at radius 3 is 2.59 bits per heavy atom. The number of ether oxygens (including phenoxy) is 1. The molecule has 1 aromatic rings. The van der Waals surface area contributed by atoms with Crippen LogP contribution in [0.3, 0.4) is 0 Å². The van der Waals surface area contributed by atoms with Crippen molar-refractivity contribution in [3.8, 4) is 5.75 Å². The van der Waals surface area contributed by atoms with Crippen LogP contribution in [0.25, 0.3) is 0 Å². The van der Waals surface area contributed by atoms with E-state index in [0.29, 0.717) is 13.1 Å². The van der Waals surface area contributed by atoms with Gasteiger partial charge in [-0.2, -0.15) is 0 Å². The molecule has 0 unspecified atom stereocenters. The minimum Gasteiger partial charge on any atom is -0.496 e. The van der Waals surface area contributed by atoms with E-state index in [0.717, 1.165) is 21.9 Å². The highest BCUT2D eigenvalue weighted by Crippen LogP contribution is 2.26. The van der Waals surface area contributed by atoms with Crippen molar-refractivity contribution in [2.24, 2.45) is 0 Å². The third kappa shape index (κ3) is 4.54. The fourth-order valence-electron chi connectivity index (χ4n) is 1.53. The minimum atomic E-state index is -0.721. The highest BCUT2D eigenvalue weighted by Gasteiger charge is 2.12. The Labute approximate surface area is 108 Å². The van der Waals surface area contributed by atoms with Gasteiger partial charge in [0.05, 0.1) is 12.7 Å². The van der Waals surface area contributed by atoms with Crippen LogP contribution in [0.2, 0.25) is 5.02 Å². The number of benzene rings is 1. The van der Waals surface area contributed by atoms with Crippen molar-refractivity contribution in [3.63, 3.8) is 0 Å². The molecule has 3 nitrogen and oxygen atoms in total. The zero-order valence-electron chi connectivity index (χ0n) is 10.8. The molecule has 0 spiro atoms. The molecular formula is C13H20ClNO2. The second-order valence-corrected chi connectivity index (χ2v) is 5.24. The van der Waals surface area contributed by atoms with E-state index in [4.69, 9.17) is 16.3 Å². The predicted octanol–water partition coefficient (Wildman–Crippen LogP) is 2.52. The molecule has 0 atom stereocenters. The Bertz CT molecular complexity index is 386. The zero-order chi connectivity index (χ0) is 13.1. The maximum Gasteiger partial charge on any atom is 0.123 e. The molecule has 0 aliphatic rings. The summed E-state index contributed by atoms with van der Waals surface area (Å²) >= 11 is 6.08. The number of aryl methyl sites for hydroxylation is 1. The van der Waals surface area contributed by atoms with Gasteiger partial charge >= 0.3 is 0 Å². The van der Waals surface area contributed by atoms with Crippen LogP contribution in [0.15, 0.2) is 12.1 Å². The molecular weight excluding hydrogens is 238 g/mol. The monoisotopic (exact) mass is 257 g/mol. The summed E-state index contributed by atoms with van der Waals surface area (Å²) in [6, 6.07) is 3.82. The third-order valence-corrected chi connectivity index (χ3v) is 2.84. The van der Waals surface area contributed by atoms with Crippen LogP contribution in [0.1, 0.15) is 25.0 Å². The Hall–Kier alpha value is -0.770. The van der Waals surface area contributed by atoms with Gasteiger partial charge in [0.2, 0.25) is 0 Å². The molecule has 0 saturated carbocycles. The van der Waals surface area contributed by atoms with Crippen LogP contribution < -0.4 is 10.1 Å². The fourth-order valence-corrected chi connectivity index (χ4v) is 1.71. The molecule has 0 saturated heterocycles. The molecule has 0 heterocycles. The second kappa shape index (κ2) is 5.71. The molecule has 0 radical (unpaired) electrons. The number of hydrogen-bond acceptors (Lipinski definition) is 3. The number of rotatable bonds is 5. The molecule has 0 bridgehead atoms. The summed E-state index contributed by atoms with van der Waals surface area (Å²) in [5, 5.41) is 13.5. The molecule has 0 fully saturated rings. The summed E-state index contributed by atoms with van der Waals surface area (Å²) in [4.78, 5) is 0. The van der Waals surface area contributed by atoms with Crippen molar-refractivity contribution in [1.82, 2.24) is 5.32 Å². The molecule has 17 heavy (non-hydrogen) atoms. The van der Waals surface area contributed by atoms with Crippen molar-refractivity contribution in [2.75, 3.05) is 13.7 Å². The predicted molar refractivity (Wildman–Crippen MR) is 70.7 cm³/mol. The van der Waals surface area contributed by atoms with Gasteiger partial charge in [0.25, 0.3) is 0 Å². The molecule has 0 amide bonds. The second-order valence-electron chi connectivity index (χ2n) is 4.83. The summed E-state index contributed by atoms with van der Waals surface area (Å²) in [6.07, 6.45) is 0. The fraction of sp³-hybridized carbons (Fsp3) is 0.538. The van der Waals surface area contributed by atoms with E-state index in [9.17, 15) is 5.11 Å². The number of halogens is 1. The first-order chi connectivity index (χ1) is 7.83. The summed E-state index contributed by atoms with van der Waals surface area (Å²) in [5.74, 6) is 0.815. The highest BCUT2D eigenvalue weighted by molar-refractivity contribution is 6.31. The molecule has 2 N–H and O–H groups in total. The van der Waals surface area contributed by atoms with Crippen molar-refractivity contribution in [1.29, 1.82) is 0 Å². The van der Waals surface area contributed by atoms with E-state index in [1.807, 2.05) is 19.1 Å². The van der Waals surface area contributed by atoms with E-state index in [1.165, 1.54) is 0 Å². The van der Waals surface area contributed by atoms with E-state index in [2.05, 4.69) is 5.32 Å². The van der Waals surface area contributed by atoms with Crippen molar-refractivity contribution in [2.45, 2.75) is 32.9 Å². The minimum absolute atomic E-state index is 0.516. The maximum absolute atomic E-state index is 9.60. The maximum atomic E-state index is 9.60. The van der Waals surface area contributed by atoms with Crippen LogP contribution in [0, 0.1) is 6.92 Å². The largest absolute Gasteiger partial charge is 0.496 e. The number of methoxy groups -OCH3 is 1. The average Bonchev–Trinajstić information content (AvgIpc) is 2.21. The van der Waals surface area contributed by atoms with E-state index in [-0.39, 0.29) is 0 Å². The average molecular weight is 258 g/mol. The third-order valence-electron chi connectivity index (χ3n) is 2.43. The Morgan fingerprint density at radius 2 is 2.06 bits per heavy atom. The highest BCUT2D eigenvalue weighted by atomic mass is 35.5. The molecule has 1 aromatic carbocycles. The van der Waals surface area contributed by atoms with Gasteiger partial charge in [-0.05, 0) is 38.5 Å². The Balaban J connectivity index is 2.73. The summed E-state index contributed by atoms with van der Waals surface area (Å²) < 4.78 is 5.30. The van der Waals surface area contributed by atoms with Crippen molar-refractivity contribution >= 4 is 11.6 Å². The van der Waals surface area contributed by atoms with E-state index >= 15 is 0 Å². The number of nitrogens with one attached hydrogen (secondary N) is 1. The molecule has 0 aromatic heterocycles. The lowest BCUT2D eigenvalue weighted by Crippen LogP contribution is -2.34. The van der Waals surface area contributed by atoms with Crippen LogP contribution in [-0.4, -0.2) is 24.4 Å². The first-order valence-corrected chi connectivity index (χ1v) is 5.97. The lowest BCUT2D eigenvalue weighted by Gasteiger charge is -2.18. The van der Waals surface area contributed by atoms with E-state index < -0.39 is 5.60 Å². The molecule has 0 aliphatic carbocycles. The van der Waals surface area contributed by atoms with Crippen LogP contribution in [-0.2, 0) is 6.54 Å². The SMILES string of the molecule is COc1cc(C)c(Cl)cc1CNCC(C)(C)O. The molecule has 96 valence electrons. The van der Waals surface area contributed by atoms with Gasteiger partial charge in [-0.15, -0.1) is 0 Å². The van der Waals surface area contributed by atoms with Crippen molar-refractivity contribution in [3.05, 3.63) is 28.3 Å². The summed E-state index contributed by atoms with van der Waals surface area (Å²) in [7, 11) is 1.64.